The first-order chi connectivity index (χ1) is 14.6. The Balaban J connectivity index is 1.62. The molecule has 1 fully saturated rings. The van der Waals surface area contributed by atoms with Crippen LogP contribution in [0.25, 0.3) is 11.0 Å². The lowest BCUT2D eigenvalue weighted by Gasteiger charge is -2.19. The Kier molecular flexibility index (Phi) is 5.63. The number of aryl methyl sites for hydroxylation is 1. The third kappa shape index (κ3) is 4.37. The van der Waals surface area contributed by atoms with Crippen LogP contribution in [0.15, 0.2) is 24.3 Å². The van der Waals surface area contributed by atoms with Crippen molar-refractivity contribution < 1.29 is 13.2 Å². The molecule has 166 valence electrons. The van der Waals surface area contributed by atoms with E-state index in [0.717, 1.165) is 23.3 Å². The van der Waals surface area contributed by atoms with Crippen molar-refractivity contribution in [2.75, 3.05) is 11.5 Å². The summed E-state index contributed by atoms with van der Waals surface area (Å²) in [6, 6.07) is 7.31. The van der Waals surface area contributed by atoms with E-state index in [1.165, 1.54) is 0 Å². The van der Waals surface area contributed by atoms with E-state index in [4.69, 9.17) is 0 Å². The smallest absolute Gasteiger partial charge is 0.255 e. The summed E-state index contributed by atoms with van der Waals surface area (Å²) in [7, 11) is -3.04. The molecule has 4 rings (SSSR count). The Morgan fingerprint density at radius 3 is 2.68 bits per heavy atom. The minimum absolute atomic E-state index is 0.0744. The van der Waals surface area contributed by atoms with Crippen molar-refractivity contribution in [3.05, 3.63) is 47.0 Å². The molecule has 3 heterocycles. The predicted molar refractivity (Wildman–Crippen MR) is 120 cm³/mol. The van der Waals surface area contributed by atoms with Crippen molar-refractivity contribution in [1.82, 2.24) is 25.1 Å². The zero-order chi connectivity index (χ0) is 22.3. The number of hydrogen-bond donors (Lipinski definition) is 2. The zero-order valence-corrected chi connectivity index (χ0v) is 19.2. The van der Waals surface area contributed by atoms with Crippen LogP contribution in [-0.4, -0.2) is 45.6 Å². The van der Waals surface area contributed by atoms with Crippen molar-refractivity contribution in [3.63, 3.8) is 0 Å². The van der Waals surface area contributed by atoms with Gasteiger partial charge in [0.05, 0.1) is 45.9 Å². The van der Waals surface area contributed by atoms with Gasteiger partial charge in [-0.15, -0.1) is 0 Å². The molecule has 31 heavy (non-hydrogen) atoms. The zero-order valence-electron chi connectivity index (χ0n) is 18.3. The van der Waals surface area contributed by atoms with E-state index in [0.29, 0.717) is 29.3 Å². The van der Waals surface area contributed by atoms with Crippen LogP contribution in [0.4, 0.5) is 0 Å². The topological polar surface area (TPSA) is 110 Å². The molecule has 8 nitrogen and oxygen atoms in total. The monoisotopic (exact) mass is 443 g/mol. The molecule has 3 aromatic rings. The molecule has 0 aliphatic carbocycles. The van der Waals surface area contributed by atoms with Gasteiger partial charge in [-0.25, -0.2) is 13.4 Å². The van der Waals surface area contributed by atoms with Crippen LogP contribution in [0.3, 0.4) is 0 Å². The molecule has 1 aliphatic heterocycles. The number of H-pyrrole nitrogens is 1. The molecule has 1 aliphatic rings. The molecule has 2 atom stereocenters. The molecular formula is C22H29N5O3S. The third-order valence-electron chi connectivity index (χ3n) is 5.86. The quantitative estimate of drug-likeness (QED) is 0.608. The van der Waals surface area contributed by atoms with Gasteiger partial charge in [-0.2, -0.15) is 5.10 Å². The van der Waals surface area contributed by atoms with E-state index in [9.17, 15) is 13.2 Å². The van der Waals surface area contributed by atoms with Crippen LogP contribution in [0.2, 0.25) is 0 Å². The highest BCUT2D eigenvalue weighted by Crippen LogP contribution is 2.28. The maximum atomic E-state index is 13.3. The molecular weight excluding hydrogens is 414 g/mol. The highest BCUT2D eigenvalue weighted by molar-refractivity contribution is 7.91. The summed E-state index contributed by atoms with van der Waals surface area (Å²) in [5.74, 6) is 1.11. The van der Waals surface area contributed by atoms with Gasteiger partial charge in [-0.05, 0) is 44.7 Å². The number of rotatable bonds is 6. The van der Waals surface area contributed by atoms with Crippen molar-refractivity contribution in [2.24, 2.45) is 5.92 Å². The lowest BCUT2D eigenvalue weighted by atomic mass is 10.0. The van der Waals surface area contributed by atoms with Crippen LogP contribution in [0.1, 0.15) is 66.3 Å². The molecule has 0 unspecified atom stereocenters. The summed E-state index contributed by atoms with van der Waals surface area (Å²) < 4.78 is 25.5. The number of aromatic nitrogens is 4. The largest absolute Gasteiger partial charge is 0.342 e. The average Bonchev–Trinajstić information content (AvgIpc) is 3.35. The summed E-state index contributed by atoms with van der Waals surface area (Å²) in [5, 5.41) is 7.66. The number of imidazole rings is 1. The molecule has 1 amide bonds. The molecule has 2 aromatic heterocycles. The lowest BCUT2D eigenvalue weighted by Crippen LogP contribution is -2.31. The van der Waals surface area contributed by atoms with Gasteiger partial charge in [-0.3, -0.25) is 9.48 Å². The Morgan fingerprint density at radius 1 is 1.29 bits per heavy atom. The second kappa shape index (κ2) is 8.11. The summed E-state index contributed by atoms with van der Waals surface area (Å²) in [6.07, 6.45) is 1.26. The molecule has 9 heteroatoms. The van der Waals surface area contributed by atoms with Crippen LogP contribution >= 0.6 is 0 Å². The third-order valence-corrected chi connectivity index (χ3v) is 7.61. The van der Waals surface area contributed by atoms with Crippen LogP contribution in [0, 0.1) is 19.8 Å². The fraction of sp³-hybridized carbons (Fsp3) is 0.500. The minimum Gasteiger partial charge on any atom is -0.342 e. The fourth-order valence-corrected chi connectivity index (χ4v) is 6.09. The number of aromatic amines is 1. The summed E-state index contributed by atoms with van der Waals surface area (Å²) in [5.41, 5.74) is 3.61. The summed E-state index contributed by atoms with van der Waals surface area (Å²) in [6.45, 7) is 7.84. The van der Waals surface area contributed by atoms with E-state index in [-0.39, 0.29) is 29.5 Å². The first kappa shape index (κ1) is 21.5. The summed E-state index contributed by atoms with van der Waals surface area (Å²) >= 11 is 0. The van der Waals surface area contributed by atoms with E-state index < -0.39 is 9.84 Å². The van der Waals surface area contributed by atoms with Crippen molar-refractivity contribution in [2.45, 2.75) is 52.6 Å². The van der Waals surface area contributed by atoms with Gasteiger partial charge in [0.1, 0.15) is 5.82 Å². The first-order valence-electron chi connectivity index (χ1n) is 10.7. The molecule has 0 bridgehead atoms. The number of hydrogen-bond acceptors (Lipinski definition) is 5. The Labute approximate surface area is 182 Å². The lowest BCUT2D eigenvalue weighted by molar-refractivity contribution is 0.0928. The highest BCUT2D eigenvalue weighted by atomic mass is 32.2. The molecule has 1 aromatic carbocycles. The van der Waals surface area contributed by atoms with Gasteiger partial charge in [0.2, 0.25) is 0 Å². The predicted octanol–water partition coefficient (Wildman–Crippen LogP) is 3.25. The Bertz CT molecular complexity index is 1190. The molecule has 0 spiro atoms. The second-order valence-corrected chi connectivity index (χ2v) is 11.1. The normalized spacial score (nSPS) is 19.2. The second-order valence-electron chi connectivity index (χ2n) is 8.84. The number of para-hydroxylation sites is 2. The summed E-state index contributed by atoms with van der Waals surface area (Å²) in [4.78, 5) is 21.3. The number of carbonyl (C=O) groups excluding carboxylic acids is 1. The van der Waals surface area contributed by atoms with Crippen LogP contribution in [0.5, 0.6) is 0 Å². The minimum atomic E-state index is -3.04. The molecule has 2 N–H and O–H groups in total. The standard InChI is InChI=1S/C22H29N5O3S/c1-13(2)11-19(21-23-17-7-5-6-8-18(17)24-21)25-22(28)20-14(3)26-27(15(20)4)16-9-10-31(29,30)12-16/h5-8,13,16,19H,9-12H2,1-4H3,(H,23,24)(H,25,28)/t16-,19-/m1/s1. The Morgan fingerprint density at radius 2 is 2.03 bits per heavy atom. The van der Waals surface area contributed by atoms with E-state index >= 15 is 0 Å². The number of nitrogens with zero attached hydrogens (tertiary/aromatic N) is 3. The number of sulfone groups is 1. The van der Waals surface area contributed by atoms with E-state index in [1.807, 2.05) is 31.2 Å². The fourth-order valence-electron chi connectivity index (χ4n) is 4.39. The molecule has 0 saturated carbocycles. The van der Waals surface area contributed by atoms with E-state index in [2.05, 4.69) is 34.2 Å². The molecule has 1 saturated heterocycles. The van der Waals surface area contributed by atoms with Crippen LogP contribution in [-0.2, 0) is 9.84 Å². The van der Waals surface area contributed by atoms with Gasteiger partial charge in [-0.1, -0.05) is 26.0 Å². The highest BCUT2D eigenvalue weighted by Gasteiger charge is 2.33. The number of amides is 1. The van der Waals surface area contributed by atoms with Gasteiger partial charge in [0.25, 0.3) is 5.91 Å². The van der Waals surface area contributed by atoms with Crippen molar-refractivity contribution in [1.29, 1.82) is 0 Å². The maximum Gasteiger partial charge on any atom is 0.255 e. The van der Waals surface area contributed by atoms with Gasteiger partial charge in [0, 0.05) is 5.69 Å². The number of carbonyl (C=O) groups is 1. The van der Waals surface area contributed by atoms with Crippen LogP contribution < -0.4 is 5.32 Å². The number of nitrogens with one attached hydrogen (secondary N) is 2. The number of benzene rings is 1. The molecule has 0 radical (unpaired) electrons. The maximum absolute atomic E-state index is 13.3. The average molecular weight is 444 g/mol. The first-order valence-corrected chi connectivity index (χ1v) is 12.5. The van der Waals surface area contributed by atoms with Crippen molar-refractivity contribution in [3.8, 4) is 0 Å². The van der Waals surface area contributed by atoms with Gasteiger partial charge < -0.3 is 10.3 Å². The van der Waals surface area contributed by atoms with Crippen molar-refractivity contribution >= 4 is 26.8 Å². The van der Waals surface area contributed by atoms with Gasteiger partial charge in [0.15, 0.2) is 9.84 Å². The SMILES string of the molecule is Cc1nn([C@@H]2CCS(=O)(=O)C2)c(C)c1C(=O)N[C@H](CC(C)C)c1nc2ccccc2[nH]1. The Hall–Kier alpha value is -2.68. The van der Waals surface area contributed by atoms with E-state index in [1.54, 1.807) is 11.6 Å². The van der Waals surface area contributed by atoms with Gasteiger partial charge >= 0.3 is 0 Å². The number of fused-ring (bicyclic) bond motifs is 1.